The van der Waals surface area contributed by atoms with Gasteiger partial charge in [-0.1, -0.05) is 243 Å². The van der Waals surface area contributed by atoms with Gasteiger partial charge in [0.1, 0.15) is 0 Å². The molecule has 360 valence electrons. The van der Waals surface area contributed by atoms with Crippen LogP contribution in [0.1, 0.15) is 22.3 Å². The molecule has 1 aromatic heterocycles. The lowest BCUT2D eigenvalue weighted by molar-refractivity contribution is 0.768. The van der Waals surface area contributed by atoms with Crippen LogP contribution in [0.3, 0.4) is 0 Å². The Kier molecular flexibility index (Phi) is 10.5. The van der Waals surface area contributed by atoms with E-state index in [2.05, 4.69) is 313 Å². The van der Waals surface area contributed by atoms with Gasteiger partial charge < -0.3 is 9.47 Å². The Morgan fingerprint density at radius 2 is 0.727 bits per heavy atom. The minimum absolute atomic E-state index is 0.542. The minimum atomic E-state index is -0.542. The molecule has 77 heavy (non-hydrogen) atoms. The van der Waals surface area contributed by atoms with E-state index in [9.17, 15) is 0 Å². The number of benzene rings is 13. The maximum Gasteiger partial charge on any atom is 0.0714 e. The second-order valence-electron chi connectivity index (χ2n) is 20.3. The van der Waals surface area contributed by atoms with E-state index in [-0.39, 0.29) is 0 Å². The van der Waals surface area contributed by atoms with Gasteiger partial charge in [0.25, 0.3) is 0 Å². The third kappa shape index (κ3) is 7.03. The monoisotopic (exact) mass is 978 g/mol. The summed E-state index contributed by atoms with van der Waals surface area (Å²) in [6.07, 6.45) is 0. The van der Waals surface area contributed by atoms with Gasteiger partial charge in [0.05, 0.1) is 22.1 Å². The van der Waals surface area contributed by atoms with E-state index >= 15 is 0 Å². The fourth-order valence-electron chi connectivity index (χ4n) is 12.9. The number of hydrogen-bond acceptors (Lipinski definition) is 1. The molecular formula is C75H50N2. The molecule has 0 radical (unpaired) electrons. The summed E-state index contributed by atoms with van der Waals surface area (Å²) in [5.41, 5.74) is 21.1. The van der Waals surface area contributed by atoms with Crippen molar-refractivity contribution in [1.82, 2.24) is 4.57 Å². The normalized spacial score (nSPS) is 12.5. The maximum atomic E-state index is 2.48. The van der Waals surface area contributed by atoms with Gasteiger partial charge in [0.2, 0.25) is 0 Å². The fourth-order valence-corrected chi connectivity index (χ4v) is 12.9. The lowest BCUT2D eigenvalue weighted by Crippen LogP contribution is -2.28. The first-order valence-corrected chi connectivity index (χ1v) is 26.7. The quantitative estimate of drug-likeness (QED) is 0.140. The molecule has 1 aliphatic rings. The van der Waals surface area contributed by atoms with Crippen LogP contribution in [0.2, 0.25) is 0 Å². The zero-order chi connectivity index (χ0) is 50.9. The second-order valence-corrected chi connectivity index (χ2v) is 20.3. The van der Waals surface area contributed by atoms with E-state index in [0.717, 1.165) is 22.7 Å². The van der Waals surface area contributed by atoms with Crippen LogP contribution in [0.4, 0.5) is 17.1 Å². The first kappa shape index (κ1) is 44.5. The van der Waals surface area contributed by atoms with E-state index < -0.39 is 5.41 Å². The predicted octanol–water partition coefficient (Wildman–Crippen LogP) is 19.9. The van der Waals surface area contributed by atoms with Crippen molar-refractivity contribution in [2.45, 2.75) is 5.41 Å². The first-order chi connectivity index (χ1) is 38.2. The number of fused-ring (bicyclic) bond motifs is 8. The third-order valence-corrected chi connectivity index (χ3v) is 16.3. The lowest BCUT2D eigenvalue weighted by Gasteiger charge is -2.35. The SMILES string of the molecule is c1ccc(-c2ccc(N(c3ccc4c(c3)C(c3ccccc3)(c3ccccc3)c3ccccc3-4)c3ccc(-c4ccc(-c5ccc6c(c5)c5ccccc5n6-c5ccccc5)c5ccccc45)c4ccccc34)cc2)cc1. The molecule has 1 heterocycles. The van der Waals surface area contributed by atoms with Gasteiger partial charge in [-0.3, -0.25) is 0 Å². The minimum Gasteiger partial charge on any atom is -0.310 e. The smallest absolute Gasteiger partial charge is 0.0714 e. The predicted molar refractivity (Wildman–Crippen MR) is 324 cm³/mol. The van der Waals surface area contributed by atoms with Crippen LogP contribution in [0.5, 0.6) is 0 Å². The van der Waals surface area contributed by atoms with Gasteiger partial charge in [0, 0.05) is 33.2 Å². The summed E-state index contributed by atoms with van der Waals surface area (Å²) in [5, 5.41) is 7.31. The lowest BCUT2D eigenvalue weighted by atomic mass is 9.67. The zero-order valence-electron chi connectivity index (χ0n) is 42.3. The molecule has 0 unspecified atom stereocenters. The number of nitrogens with zero attached hydrogens (tertiary/aromatic N) is 2. The highest BCUT2D eigenvalue weighted by Gasteiger charge is 2.46. The van der Waals surface area contributed by atoms with E-state index in [1.54, 1.807) is 0 Å². The average Bonchev–Trinajstić information content (AvgIpc) is 4.13. The van der Waals surface area contributed by atoms with Crippen molar-refractivity contribution in [3.8, 4) is 50.2 Å². The second kappa shape index (κ2) is 18.1. The number of anilines is 3. The van der Waals surface area contributed by atoms with Crippen LogP contribution >= 0.6 is 0 Å². The van der Waals surface area contributed by atoms with Crippen molar-refractivity contribution < 1.29 is 0 Å². The molecule has 0 saturated carbocycles. The Bertz CT molecular complexity index is 4500. The summed E-state index contributed by atoms with van der Waals surface area (Å²) in [5.74, 6) is 0. The van der Waals surface area contributed by atoms with E-state index in [1.165, 1.54) is 110 Å². The largest absolute Gasteiger partial charge is 0.310 e. The highest BCUT2D eigenvalue weighted by molar-refractivity contribution is 6.15. The van der Waals surface area contributed by atoms with Crippen LogP contribution in [0.15, 0.2) is 303 Å². The topological polar surface area (TPSA) is 8.17 Å². The Morgan fingerprint density at radius 3 is 1.43 bits per heavy atom. The molecule has 14 aromatic rings. The standard InChI is InChI=1S/C75H50N2/c1-5-21-51(22-6-1)52-37-40-57(41-38-52)76(58-42-43-66-65-32-17-19-35-70(65)75(71(66)50-58,54-23-7-2-8-24-54)55-25-9-3-10-26-55)73-48-46-64(62-31-15-16-33-67(62)73)63-45-44-59(60-29-13-14-30-61(60)63)53-39-47-74-69(49-53)68-34-18-20-36-72(68)77(74)56-27-11-4-12-28-56/h1-50H. The van der Waals surface area contributed by atoms with Gasteiger partial charge >= 0.3 is 0 Å². The number of hydrogen-bond donors (Lipinski definition) is 0. The number of rotatable bonds is 9. The summed E-state index contributed by atoms with van der Waals surface area (Å²) >= 11 is 0. The van der Waals surface area contributed by atoms with E-state index in [4.69, 9.17) is 0 Å². The van der Waals surface area contributed by atoms with Crippen molar-refractivity contribution >= 4 is 60.4 Å². The summed E-state index contributed by atoms with van der Waals surface area (Å²) in [4.78, 5) is 2.48. The highest BCUT2D eigenvalue weighted by Crippen LogP contribution is 2.57. The average molecular weight is 979 g/mol. The molecule has 2 nitrogen and oxygen atoms in total. The summed E-state index contributed by atoms with van der Waals surface area (Å²) in [6, 6.07) is 112. The zero-order valence-corrected chi connectivity index (χ0v) is 42.3. The third-order valence-electron chi connectivity index (χ3n) is 16.3. The van der Waals surface area contributed by atoms with Crippen LogP contribution in [0, 0.1) is 0 Å². The van der Waals surface area contributed by atoms with Gasteiger partial charge in [-0.25, -0.2) is 0 Å². The van der Waals surface area contributed by atoms with Gasteiger partial charge in [-0.2, -0.15) is 0 Å². The van der Waals surface area contributed by atoms with Crippen LogP contribution < -0.4 is 4.90 Å². The van der Waals surface area contributed by atoms with Crippen LogP contribution in [-0.4, -0.2) is 4.57 Å². The molecule has 0 fully saturated rings. The van der Waals surface area contributed by atoms with Crippen LogP contribution in [-0.2, 0) is 5.41 Å². The molecule has 0 aliphatic heterocycles. The van der Waals surface area contributed by atoms with Crippen LogP contribution in [0.25, 0.3) is 93.5 Å². The molecule has 0 atom stereocenters. The van der Waals surface area contributed by atoms with Crippen molar-refractivity contribution in [2.75, 3.05) is 4.90 Å². The molecule has 2 heteroatoms. The molecule has 1 aliphatic carbocycles. The Balaban J connectivity index is 0.910. The van der Waals surface area contributed by atoms with Gasteiger partial charge in [-0.05, 0) is 144 Å². The molecular weight excluding hydrogens is 929 g/mol. The fraction of sp³-hybridized carbons (Fsp3) is 0.0133. The summed E-state index contributed by atoms with van der Waals surface area (Å²) in [7, 11) is 0. The molecule has 0 saturated heterocycles. The Hall–Kier alpha value is -10.0. The van der Waals surface area contributed by atoms with Crippen molar-refractivity contribution in [1.29, 1.82) is 0 Å². The molecule has 13 aromatic carbocycles. The molecule has 15 rings (SSSR count). The van der Waals surface area contributed by atoms with E-state index in [0.29, 0.717) is 0 Å². The van der Waals surface area contributed by atoms with Crippen molar-refractivity contribution in [3.63, 3.8) is 0 Å². The Morgan fingerprint density at radius 1 is 0.260 bits per heavy atom. The summed E-state index contributed by atoms with van der Waals surface area (Å²) in [6.45, 7) is 0. The number of para-hydroxylation sites is 2. The molecule has 0 N–H and O–H groups in total. The number of aromatic nitrogens is 1. The maximum absolute atomic E-state index is 2.48. The highest BCUT2D eigenvalue weighted by atomic mass is 15.1. The molecule has 0 bridgehead atoms. The Labute approximate surface area is 448 Å². The van der Waals surface area contributed by atoms with E-state index in [1.807, 2.05) is 0 Å². The molecule has 0 spiro atoms. The van der Waals surface area contributed by atoms with Crippen molar-refractivity contribution in [3.05, 3.63) is 326 Å². The first-order valence-electron chi connectivity index (χ1n) is 26.7. The van der Waals surface area contributed by atoms with Crippen molar-refractivity contribution in [2.24, 2.45) is 0 Å². The molecule has 0 amide bonds. The van der Waals surface area contributed by atoms with Gasteiger partial charge in [-0.15, -0.1) is 0 Å². The van der Waals surface area contributed by atoms with Gasteiger partial charge in [0.15, 0.2) is 0 Å². The summed E-state index contributed by atoms with van der Waals surface area (Å²) < 4.78 is 2.39.